The normalized spacial score (nSPS) is 12.9. The molecule has 462 valence electrons. The number of carbonyl (C=O) groups is 2. The Kier molecular flexibility index (Phi) is 66.0. The number of hydrogen-bond acceptors (Lipinski definition) is 5. The molecule has 2 atom stereocenters. The first-order valence-corrected chi connectivity index (χ1v) is 35.1. The van der Waals surface area contributed by atoms with Crippen LogP contribution < -0.4 is 5.32 Å². The number of allylic oxidation sites excluding steroid dienone is 9. The lowest BCUT2D eigenvalue weighted by atomic mass is 10.0. The van der Waals surface area contributed by atoms with Crippen LogP contribution in [-0.2, 0) is 14.3 Å². The summed E-state index contributed by atoms with van der Waals surface area (Å²) in [6.45, 7) is 4.90. The van der Waals surface area contributed by atoms with Crippen LogP contribution in [0.15, 0.2) is 60.8 Å². The molecule has 6 nitrogen and oxygen atoms in total. The van der Waals surface area contributed by atoms with Gasteiger partial charge < -0.3 is 20.3 Å². The summed E-state index contributed by atoms with van der Waals surface area (Å²) in [4.78, 5) is 24.6. The minimum Gasteiger partial charge on any atom is -0.466 e. The minimum absolute atomic E-state index is 0.00502. The number of rotatable bonds is 65. The maximum atomic E-state index is 12.5. The van der Waals surface area contributed by atoms with E-state index in [9.17, 15) is 19.8 Å². The van der Waals surface area contributed by atoms with Crippen LogP contribution in [-0.4, -0.2) is 47.4 Å². The molecule has 0 aliphatic carbocycles. The molecule has 0 fully saturated rings. The molecule has 0 saturated heterocycles. The first-order chi connectivity index (χ1) is 39.0. The van der Waals surface area contributed by atoms with Crippen molar-refractivity contribution in [3.8, 4) is 0 Å². The van der Waals surface area contributed by atoms with Gasteiger partial charge in [-0.2, -0.15) is 0 Å². The zero-order valence-corrected chi connectivity index (χ0v) is 52.9. The van der Waals surface area contributed by atoms with Crippen LogP contribution >= 0.6 is 0 Å². The standard InChI is InChI=1S/C73H135NO5/c1-3-5-7-9-11-13-15-17-19-21-22-28-31-34-37-41-45-49-53-57-61-65-71(76)70(69-75)74-72(77)66-62-58-54-50-46-42-38-35-32-29-26-24-23-25-27-30-33-36-40-44-48-52-56-60-64-68-79-73(78)67-63-59-55-51-47-43-39-20-18-16-14-12-10-8-6-4-2/h14,16,20,24-27,39,61,65,70-71,75-76H,3-13,15,17-19,21-23,28-38,40-60,62-64,66-69H2,1-2H3,(H,74,77)/b16-14-,26-24-,27-25-,39-20-,65-61+. The average Bonchev–Trinajstić information content (AvgIpc) is 3.45. The molecule has 0 saturated carbocycles. The number of hydrogen-bond donors (Lipinski definition) is 3. The molecule has 0 radical (unpaired) electrons. The van der Waals surface area contributed by atoms with Gasteiger partial charge in [-0.15, -0.1) is 0 Å². The molecular formula is C73H135NO5. The molecule has 6 heteroatoms. The Hall–Kier alpha value is -2.44. The predicted molar refractivity (Wildman–Crippen MR) is 347 cm³/mol. The van der Waals surface area contributed by atoms with Gasteiger partial charge >= 0.3 is 5.97 Å². The SMILES string of the molecule is CCCCCC/C=C\C/C=C\CCCCCCCC(=O)OCCCCCCCCCCC/C=C\C/C=C\CCCCCCCCCCCC(=O)NC(CO)C(O)/C=C/CCCCCCCCCCCCCCCCCCCCC. The third-order valence-corrected chi connectivity index (χ3v) is 16.0. The molecular weight excluding hydrogens is 971 g/mol. The van der Waals surface area contributed by atoms with Crippen LogP contribution in [0.4, 0.5) is 0 Å². The summed E-state index contributed by atoms with van der Waals surface area (Å²) >= 11 is 0. The van der Waals surface area contributed by atoms with Crippen LogP contribution in [0.3, 0.4) is 0 Å². The highest BCUT2D eigenvalue weighted by Gasteiger charge is 2.18. The Morgan fingerprint density at radius 1 is 0.354 bits per heavy atom. The maximum Gasteiger partial charge on any atom is 0.305 e. The van der Waals surface area contributed by atoms with Crippen molar-refractivity contribution in [2.45, 2.75) is 379 Å². The highest BCUT2D eigenvalue weighted by Crippen LogP contribution is 2.17. The molecule has 0 spiro atoms. The number of ether oxygens (including phenoxy) is 1. The maximum absolute atomic E-state index is 12.5. The van der Waals surface area contributed by atoms with Gasteiger partial charge in [-0.3, -0.25) is 9.59 Å². The van der Waals surface area contributed by atoms with Crippen molar-refractivity contribution >= 4 is 11.9 Å². The molecule has 0 heterocycles. The molecule has 0 aliphatic heterocycles. The van der Waals surface area contributed by atoms with Gasteiger partial charge in [0.25, 0.3) is 0 Å². The van der Waals surface area contributed by atoms with E-state index in [-0.39, 0.29) is 18.5 Å². The summed E-state index contributed by atoms with van der Waals surface area (Å²) < 4.78 is 5.48. The molecule has 79 heavy (non-hydrogen) atoms. The van der Waals surface area contributed by atoms with Crippen LogP contribution in [0, 0.1) is 0 Å². The number of esters is 1. The molecule has 0 aromatic heterocycles. The van der Waals surface area contributed by atoms with Gasteiger partial charge in [0.15, 0.2) is 0 Å². The van der Waals surface area contributed by atoms with Crippen LogP contribution in [0.5, 0.6) is 0 Å². The van der Waals surface area contributed by atoms with E-state index >= 15 is 0 Å². The summed E-state index contributed by atoms with van der Waals surface area (Å²) in [6.07, 6.45) is 90.0. The average molecular weight is 1110 g/mol. The third kappa shape index (κ3) is 64.6. The molecule has 0 aromatic carbocycles. The number of aliphatic hydroxyl groups is 2. The summed E-state index contributed by atoms with van der Waals surface area (Å²) in [7, 11) is 0. The van der Waals surface area contributed by atoms with Crippen molar-refractivity contribution in [2.24, 2.45) is 0 Å². The van der Waals surface area contributed by atoms with Crippen molar-refractivity contribution in [1.82, 2.24) is 5.32 Å². The Balaban J connectivity index is 3.47. The fraction of sp³-hybridized carbons (Fsp3) is 0.836. The van der Waals surface area contributed by atoms with E-state index in [0.29, 0.717) is 19.4 Å². The van der Waals surface area contributed by atoms with Gasteiger partial charge in [-0.1, -0.05) is 319 Å². The van der Waals surface area contributed by atoms with E-state index in [1.54, 1.807) is 6.08 Å². The van der Waals surface area contributed by atoms with Gasteiger partial charge in [0.1, 0.15) is 0 Å². The number of nitrogens with one attached hydrogen (secondary N) is 1. The second-order valence-electron chi connectivity index (χ2n) is 23.9. The van der Waals surface area contributed by atoms with Crippen LogP contribution in [0.1, 0.15) is 367 Å². The second kappa shape index (κ2) is 68.1. The third-order valence-electron chi connectivity index (χ3n) is 16.0. The van der Waals surface area contributed by atoms with E-state index in [4.69, 9.17) is 4.74 Å². The Morgan fingerprint density at radius 2 is 0.633 bits per heavy atom. The minimum atomic E-state index is -0.851. The lowest BCUT2D eigenvalue weighted by Crippen LogP contribution is -2.45. The van der Waals surface area contributed by atoms with Gasteiger partial charge in [0.05, 0.1) is 25.4 Å². The van der Waals surface area contributed by atoms with Crippen molar-refractivity contribution in [3.63, 3.8) is 0 Å². The van der Waals surface area contributed by atoms with E-state index in [1.807, 2.05) is 6.08 Å². The number of unbranched alkanes of at least 4 members (excludes halogenated alkanes) is 46. The summed E-state index contributed by atoms with van der Waals surface area (Å²) in [5.74, 6) is -0.0769. The number of amides is 1. The molecule has 0 bridgehead atoms. The fourth-order valence-electron chi connectivity index (χ4n) is 10.6. The summed E-state index contributed by atoms with van der Waals surface area (Å²) in [5.41, 5.74) is 0. The smallest absolute Gasteiger partial charge is 0.305 e. The van der Waals surface area contributed by atoms with Gasteiger partial charge in [0.2, 0.25) is 5.91 Å². The largest absolute Gasteiger partial charge is 0.466 e. The Bertz CT molecular complexity index is 1370. The Labute approximate surface area is 492 Å². The summed E-state index contributed by atoms with van der Waals surface area (Å²) in [6, 6.07) is -0.635. The quantitative estimate of drug-likeness (QED) is 0.0320. The molecule has 1 amide bonds. The van der Waals surface area contributed by atoms with Gasteiger partial charge in [-0.25, -0.2) is 0 Å². The first-order valence-electron chi connectivity index (χ1n) is 35.1. The topological polar surface area (TPSA) is 95.9 Å². The molecule has 3 N–H and O–H groups in total. The zero-order chi connectivity index (χ0) is 57.1. The van der Waals surface area contributed by atoms with Gasteiger partial charge in [-0.05, 0) is 96.3 Å². The van der Waals surface area contributed by atoms with E-state index in [1.165, 1.54) is 283 Å². The first kappa shape index (κ1) is 76.6. The van der Waals surface area contributed by atoms with Crippen LogP contribution in [0.2, 0.25) is 0 Å². The Morgan fingerprint density at radius 3 is 0.975 bits per heavy atom. The fourth-order valence-corrected chi connectivity index (χ4v) is 10.6. The predicted octanol–water partition coefficient (Wildman–Crippen LogP) is 22.6. The highest BCUT2D eigenvalue weighted by atomic mass is 16.5. The molecule has 0 aromatic rings. The van der Waals surface area contributed by atoms with Gasteiger partial charge in [0, 0.05) is 12.8 Å². The van der Waals surface area contributed by atoms with Crippen molar-refractivity contribution in [3.05, 3.63) is 60.8 Å². The lowest BCUT2D eigenvalue weighted by Gasteiger charge is -2.20. The van der Waals surface area contributed by atoms with E-state index < -0.39 is 12.1 Å². The monoisotopic (exact) mass is 1110 g/mol. The van der Waals surface area contributed by atoms with Crippen LogP contribution in [0.25, 0.3) is 0 Å². The zero-order valence-electron chi connectivity index (χ0n) is 52.9. The van der Waals surface area contributed by atoms with E-state index in [2.05, 4.69) is 67.8 Å². The van der Waals surface area contributed by atoms with Crippen molar-refractivity contribution in [2.75, 3.05) is 13.2 Å². The van der Waals surface area contributed by atoms with Crippen molar-refractivity contribution < 1.29 is 24.5 Å². The molecule has 0 rings (SSSR count). The number of aliphatic hydroxyl groups excluding tert-OH is 2. The van der Waals surface area contributed by atoms with E-state index in [0.717, 1.165) is 57.8 Å². The lowest BCUT2D eigenvalue weighted by molar-refractivity contribution is -0.143. The molecule has 2 unspecified atom stereocenters. The summed E-state index contributed by atoms with van der Waals surface area (Å²) in [5, 5.41) is 23.2. The second-order valence-corrected chi connectivity index (χ2v) is 23.9. The molecule has 0 aliphatic rings. The van der Waals surface area contributed by atoms with Crippen molar-refractivity contribution in [1.29, 1.82) is 0 Å². The highest BCUT2D eigenvalue weighted by molar-refractivity contribution is 5.76. The number of carbonyl (C=O) groups excluding carboxylic acids is 2.